The molecule has 21 heavy (non-hydrogen) atoms. The van der Waals surface area contributed by atoms with Crippen LogP contribution in [0.1, 0.15) is 58.6 Å². The number of nitrogens with two attached hydrogens (primary N) is 1. The summed E-state index contributed by atoms with van der Waals surface area (Å²) in [6.07, 6.45) is 6.13. The predicted octanol–water partition coefficient (Wildman–Crippen LogP) is 3.51. The van der Waals surface area contributed by atoms with Gasteiger partial charge in [-0.05, 0) is 58.6 Å². The van der Waals surface area contributed by atoms with Crippen molar-refractivity contribution in [2.24, 2.45) is 0 Å². The Balaban J connectivity index is 2.27. The largest absolute Gasteiger partial charge is 0.444 e. The lowest BCUT2D eigenvalue weighted by Crippen LogP contribution is -2.46. The van der Waals surface area contributed by atoms with Crippen LogP contribution in [0.4, 0.5) is 10.5 Å². The molecule has 2 rings (SSSR count). The number of anilines is 1. The third kappa shape index (κ3) is 3.86. The van der Waals surface area contributed by atoms with Crippen molar-refractivity contribution in [1.82, 2.24) is 9.88 Å². The number of nitrogens with zero attached hydrogens (tertiary/aromatic N) is 2. The molecule has 1 saturated heterocycles. The number of ether oxygens (including phenoxy) is 1. The number of likely N-dealkylation sites (tertiary alicyclic amines) is 1. The van der Waals surface area contributed by atoms with Crippen molar-refractivity contribution >= 4 is 11.8 Å². The number of carbonyl (C=O) groups excluding carboxylic acids is 1. The minimum Gasteiger partial charge on any atom is -0.444 e. The average molecular weight is 291 g/mol. The van der Waals surface area contributed by atoms with Crippen molar-refractivity contribution in [3.8, 4) is 0 Å². The van der Waals surface area contributed by atoms with Gasteiger partial charge < -0.3 is 10.5 Å². The van der Waals surface area contributed by atoms with E-state index >= 15 is 0 Å². The normalized spacial score (nSPS) is 23.0. The van der Waals surface area contributed by atoms with E-state index in [9.17, 15) is 4.79 Å². The molecule has 0 unspecified atom stereocenters. The fourth-order valence-electron chi connectivity index (χ4n) is 2.80. The summed E-state index contributed by atoms with van der Waals surface area (Å²) >= 11 is 0. The summed E-state index contributed by atoms with van der Waals surface area (Å²) in [6.45, 7) is 7.72. The standard InChI is InChI=1S/C16H25N3O2/c1-11-6-5-7-14(12-8-13(17)10-18-9-12)19(11)15(20)21-16(2,3)4/h8-11,14H,5-7,17H2,1-4H3/t11-,14+/m1/s1. The summed E-state index contributed by atoms with van der Waals surface area (Å²) in [7, 11) is 0. The Bertz CT molecular complexity index is 510. The number of carbonyl (C=O) groups is 1. The number of aromatic nitrogens is 1. The van der Waals surface area contributed by atoms with E-state index in [-0.39, 0.29) is 18.2 Å². The summed E-state index contributed by atoms with van der Waals surface area (Å²) < 4.78 is 5.56. The molecule has 2 heterocycles. The van der Waals surface area contributed by atoms with Crippen LogP contribution in [0.3, 0.4) is 0 Å². The zero-order valence-electron chi connectivity index (χ0n) is 13.3. The van der Waals surface area contributed by atoms with E-state index in [4.69, 9.17) is 10.5 Å². The number of piperidine rings is 1. The molecule has 5 nitrogen and oxygen atoms in total. The van der Waals surface area contributed by atoms with E-state index < -0.39 is 5.60 Å². The first-order valence-electron chi connectivity index (χ1n) is 7.49. The van der Waals surface area contributed by atoms with Gasteiger partial charge in [0.25, 0.3) is 0 Å². The van der Waals surface area contributed by atoms with Gasteiger partial charge in [-0.3, -0.25) is 9.88 Å². The highest BCUT2D eigenvalue weighted by Crippen LogP contribution is 2.35. The minimum atomic E-state index is -0.493. The Hall–Kier alpha value is -1.78. The van der Waals surface area contributed by atoms with Crippen molar-refractivity contribution in [1.29, 1.82) is 0 Å². The van der Waals surface area contributed by atoms with Gasteiger partial charge in [-0.15, -0.1) is 0 Å². The van der Waals surface area contributed by atoms with Crippen LogP contribution in [0.25, 0.3) is 0 Å². The molecular formula is C16H25N3O2. The highest BCUT2D eigenvalue weighted by atomic mass is 16.6. The van der Waals surface area contributed by atoms with Gasteiger partial charge in [0, 0.05) is 18.4 Å². The lowest BCUT2D eigenvalue weighted by Gasteiger charge is -2.41. The fraction of sp³-hybridized carbons (Fsp3) is 0.625. The maximum absolute atomic E-state index is 12.5. The van der Waals surface area contributed by atoms with Crippen molar-refractivity contribution < 1.29 is 9.53 Å². The van der Waals surface area contributed by atoms with E-state index in [0.717, 1.165) is 24.8 Å². The molecule has 1 aliphatic heterocycles. The maximum atomic E-state index is 12.5. The van der Waals surface area contributed by atoms with E-state index in [1.165, 1.54) is 0 Å². The molecule has 2 atom stereocenters. The van der Waals surface area contributed by atoms with Crippen LogP contribution in [0.2, 0.25) is 0 Å². The zero-order valence-corrected chi connectivity index (χ0v) is 13.3. The average Bonchev–Trinajstić information content (AvgIpc) is 2.36. The van der Waals surface area contributed by atoms with Gasteiger partial charge >= 0.3 is 6.09 Å². The number of nitrogen functional groups attached to an aromatic ring is 1. The van der Waals surface area contributed by atoms with Crippen molar-refractivity contribution in [2.75, 3.05) is 5.73 Å². The van der Waals surface area contributed by atoms with Gasteiger partial charge in [-0.25, -0.2) is 4.79 Å². The SMILES string of the molecule is C[C@@H]1CCC[C@@H](c2cncc(N)c2)N1C(=O)OC(C)(C)C. The Labute approximate surface area is 126 Å². The van der Waals surface area contributed by atoms with Crippen LogP contribution < -0.4 is 5.73 Å². The van der Waals surface area contributed by atoms with Crippen molar-refractivity contribution in [2.45, 2.75) is 64.6 Å². The van der Waals surface area contributed by atoms with Gasteiger partial charge in [-0.1, -0.05) is 0 Å². The second-order valence-electron chi connectivity index (χ2n) is 6.73. The molecule has 1 fully saturated rings. The topological polar surface area (TPSA) is 68.5 Å². The van der Waals surface area contributed by atoms with Gasteiger partial charge in [0.15, 0.2) is 0 Å². The molecule has 0 aromatic carbocycles. The highest BCUT2D eigenvalue weighted by Gasteiger charge is 2.35. The zero-order chi connectivity index (χ0) is 15.6. The Morgan fingerprint density at radius 3 is 2.71 bits per heavy atom. The lowest BCUT2D eigenvalue weighted by molar-refractivity contribution is -0.00328. The second-order valence-corrected chi connectivity index (χ2v) is 6.73. The molecule has 1 aromatic rings. The van der Waals surface area contributed by atoms with Gasteiger partial charge in [-0.2, -0.15) is 0 Å². The number of amides is 1. The van der Waals surface area contributed by atoms with E-state index in [0.29, 0.717) is 5.69 Å². The molecule has 0 bridgehead atoms. The summed E-state index contributed by atoms with van der Waals surface area (Å²) in [5.74, 6) is 0. The van der Waals surface area contributed by atoms with Crippen LogP contribution in [0.5, 0.6) is 0 Å². The molecule has 0 radical (unpaired) electrons. The lowest BCUT2D eigenvalue weighted by atomic mass is 9.92. The Morgan fingerprint density at radius 2 is 2.10 bits per heavy atom. The van der Waals surface area contributed by atoms with Gasteiger partial charge in [0.05, 0.1) is 11.7 Å². The van der Waals surface area contributed by atoms with Crippen molar-refractivity contribution in [3.63, 3.8) is 0 Å². The van der Waals surface area contributed by atoms with E-state index in [1.54, 1.807) is 12.4 Å². The Morgan fingerprint density at radius 1 is 1.38 bits per heavy atom. The molecule has 1 aliphatic rings. The minimum absolute atomic E-state index is 0.0143. The maximum Gasteiger partial charge on any atom is 0.411 e. The first-order chi connectivity index (χ1) is 9.78. The van der Waals surface area contributed by atoms with Crippen LogP contribution >= 0.6 is 0 Å². The predicted molar refractivity (Wildman–Crippen MR) is 82.8 cm³/mol. The molecular weight excluding hydrogens is 266 g/mol. The molecule has 0 spiro atoms. The highest BCUT2D eigenvalue weighted by molar-refractivity contribution is 5.69. The van der Waals surface area contributed by atoms with Crippen LogP contribution in [-0.2, 0) is 4.74 Å². The first kappa shape index (κ1) is 15.6. The van der Waals surface area contributed by atoms with Gasteiger partial charge in [0.1, 0.15) is 5.60 Å². The van der Waals surface area contributed by atoms with E-state index in [1.807, 2.05) is 31.7 Å². The summed E-state index contributed by atoms with van der Waals surface area (Å²) in [4.78, 5) is 18.5. The molecule has 1 aromatic heterocycles. The third-order valence-electron chi connectivity index (χ3n) is 3.68. The quantitative estimate of drug-likeness (QED) is 0.859. The smallest absolute Gasteiger partial charge is 0.411 e. The summed E-state index contributed by atoms with van der Waals surface area (Å²) in [5.41, 5.74) is 6.93. The van der Waals surface area contributed by atoms with Crippen LogP contribution in [0, 0.1) is 0 Å². The second kappa shape index (κ2) is 5.92. The fourth-order valence-corrected chi connectivity index (χ4v) is 2.80. The molecule has 0 saturated carbocycles. The van der Waals surface area contributed by atoms with Crippen LogP contribution in [0.15, 0.2) is 18.5 Å². The van der Waals surface area contributed by atoms with Crippen molar-refractivity contribution in [3.05, 3.63) is 24.0 Å². The first-order valence-corrected chi connectivity index (χ1v) is 7.49. The van der Waals surface area contributed by atoms with E-state index in [2.05, 4.69) is 11.9 Å². The molecule has 2 N–H and O–H groups in total. The third-order valence-corrected chi connectivity index (χ3v) is 3.68. The molecule has 5 heteroatoms. The molecule has 116 valence electrons. The Kier molecular flexibility index (Phi) is 4.40. The number of rotatable bonds is 1. The number of hydrogen-bond donors (Lipinski definition) is 1. The number of pyridine rings is 1. The monoisotopic (exact) mass is 291 g/mol. The molecule has 0 aliphatic carbocycles. The summed E-state index contributed by atoms with van der Waals surface area (Å²) in [6, 6.07) is 2.03. The molecule has 1 amide bonds. The van der Waals surface area contributed by atoms with Crippen LogP contribution in [-0.4, -0.2) is 27.6 Å². The van der Waals surface area contributed by atoms with Gasteiger partial charge in [0.2, 0.25) is 0 Å². The number of hydrogen-bond acceptors (Lipinski definition) is 4. The summed E-state index contributed by atoms with van der Waals surface area (Å²) in [5, 5.41) is 0.